The monoisotopic (exact) mass is 293 g/mol. The molecule has 2 atom stereocenters. The molecule has 1 aromatic carbocycles. The van der Waals surface area contributed by atoms with Crippen molar-refractivity contribution in [3.05, 3.63) is 34.9 Å². The van der Waals surface area contributed by atoms with Gasteiger partial charge < -0.3 is 15.2 Å². The zero-order valence-corrected chi connectivity index (χ0v) is 13.9. The standard InChI is InChI=1S/C17H27NO3/c1-11-7-8-13(9-12(11)2)16(20)14(10-15(19)21-6)18-17(3,4)5/h7-9,14,16,18,20H,10H2,1-6H3. The van der Waals surface area contributed by atoms with Crippen molar-refractivity contribution in [2.75, 3.05) is 7.11 Å². The van der Waals surface area contributed by atoms with Gasteiger partial charge in [-0.15, -0.1) is 0 Å². The van der Waals surface area contributed by atoms with Crippen LogP contribution < -0.4 is 5.32 Å². The summed E-state index contributed by atoms with van der Waals surface area (Å²) >= 11 is 0. The molecule has 0 aliphatic heterocycles. The van der Waals surface area contributed by atoms with E-state index in [0.29, 0.717) is 0 Å². The van der Waals surface area contributed by atoms with Gasteiger partial charge >= 0.3 is 5.97 Å². The maximum Gasteiger partial charge on any atom is 0.307 e. The number of methoxy groups -OCH3 is 1. The highest BCUT2D eigenvalue weighted by atomic mass is 16.5. The first-order valence-corrected chi connectivity index (χ1v) is 7.24. The van der Waals surface area contributed by atoms with Crippen LogP contribution in [-0.4, -0.2) is 29.8 Å². The van der Waals surface area contributed by atoms with Gasteiger partial charge in [-0.25, -0.2) is 0 Å². The van der Waals surface area contributed by atoms with Crippen molar-refractivity contribution in [1.29, 1.82) is 0 Å². The molecule has 0 spiro atoms. The van der Waals surface area contributed by atoms with E-state index in [0.717, 1.165) is 11.1 Å². The SMILES string of the molecule is COC(=O)CC(NC(C)(C)C)C(O)c1ccc(C)c(C)c1. The molecule has 21 heavy (non-hydrogen) atoms. The van der Waals surface area contributed by atoms with Crippen molar-refractivity contribution < 1.29 is 14.6 Å². The van der Waals surface area contributed by atoms with Gasteiger partial charge in [0.05, 0.1) is 19.6 Å². The molecular formula is C17H27NO3. The Labute approximate surface area is 127 Å². The van der Waals surface area contributed by atoms with Gasteiger partial charge in [0, 0.05) is 11.6 Å². The summed E-state index contributed by atoms with van der Waals surface area (Å²) in [5.74, 6) is -0.334. The predicted molar refractivity (Wildman–Crippen MR) is 84.2 cm³/mol. The molecule has 0 saturated heterocycles. The third-order valence-electron chi connectivity index (χ3n) is 3.49. The molecule has 0 aliphatic rings. The molecule has 0 fully saturated rings. The Kier molecular flexibility index (Phi) is 5.93. The summed E-state index contributed by atoms with van der Waals surface area (Å²) in [5.41, 5.74) is 2.90. The Balaban J connectivity index is 2.99. The zero-order chi connectivity index (χ0) is 16.2. The second kappa shape index (κ2) is 7.05. The molecule has 0 radical (unpaired) electrons. The molecule has 1 rings (SSSR count). The number of benzene rings is 1. The van der Waals surface area contributed by atoms with Gasteiger partial charge in [-0.2, -0.15) is 0 Å². The number of aliphatic hydroxyl groups excluding tert-OH is 1. The molecule has 0 aliphatic carbocycles. The molecule has 118 valence electrons. The molecule has 0 aromatic heterocycles. The number of aryl methyl sites for hydroxylation is 2. The molecular weight excluding hydrogens is 266 g/mol. The third kappa shape index (κ3) is 5.48. The van der Waals surface area contributed by atoms with Crippen molar-refractivity contribution >= 4 is 5.97 Å². The van der Waals surface area contributed by atoms with Gasteiger partial charge in [-0.05, 0) is 51.3 Å². The van der Waals surface area contributed by atoms with Crippen LogP contribution in [0.4, 0.5) is 0 Å². The number of hydrogen-bond acceptors (Lipinski definition) is 4. The lowest BCUT2D eigenvalue weighted by molar-refractivity contribution is -0.142. The number of carbonyl (C=O) groups is 1. The molecule has 2 unspecified atom stereocenters. The summed E-state index contributed by atoms with van der Waals surface area (Å²) in [6.07, 6.45) is -0.635. The summed E-state index contributed by atoms with van der Waals surface area (Å²) in [4.78, 5) is 11.6. The number of hydrogen-bond donors (Lipinski definition) is 2. The zero-order valence-electron chi connectivity index (χ0n) is 13.9. The minimum Gasteiger partial charge on any atom is -0.469 e. The molecule has 1 aromatic rings. The van der Waals surface area contributed by atoms with Crippen LogP contribution in [0.5, 0.6) is 0 Å². The van der Waals surface area contributed by atoms with Gasteiger partial charge in [0.2, 0.25) is 0 Å². The number of carbonyl (C=O) groups excluding carboxylic acids is 1. The van der Waals surface area contributed by atoms with E-state index < -0.39 is 6.10 Å². The van der Waals surface area contributed by atoms with Gasteiger partial charge in [0.1, 0.15) is 0 Å². The van der Waals surface area contributed by atoms with Crippen LogP contribution in [0.15, 0.2) is 18.2 Å². The second-order valence-corrected chi connectivity index (χ2v) is 6.57. The first-order valence-electron chi connectivity index (χ1n) is 7.24. The minimum atomic E-state index is -0.761. The van der Waals surface area contributed by atoms with E-state index in [4.69, 9.17) is 4.74 Å². The fraction of sp³-hybridized carbons (Fsp3) is 0.588. The number of nitrogens with one attached hydrogen (secondary N) is 1. The summed E-state index contributed by atoms with van der Waals surface area (Å²) in [7, 11) is 1.36. The average molecular weight is 293 g/mol. The van der Waals surface area contributed by atoms with Crippen molar-refractivity contribution in [2.24, 2.45) is 0 Å². The molecule has 4 nitrogen and oxygen atoms in total. The van der Waals surface area contributed by atoms with E-state index in [9.17, 15) is 9.90 Å². The van der Waals surface area contributed by atoms with Crippen molar-refractivity contribution in [3.63, 3.8) is 0 Å². The first kappa shape index (κ1) is 17.7. The van der Waals surface area contributed by atoms with E-state index in [-0.39, 0.29) is 24.0 Å². The van der Waals surface area contributed by atoms with E-state index in [1.807, 2.05) is 52.8 Å². The maximum absolute atomic E-state index is 11.6. The number of esters is 1. The van der Waals surface area contributed by atoms with Crippen molar-refractivity contribution in [2.45, 2.75) is 58.7 Å². The van der Waals surface area contributed by atoms with Gasteiger partial charge in [0.15, 0.2) is 0 Å². The summed E-state index contributed by atoms with van der Waals surface area (Å²) < 4.78 is 4.73. The smallest absolute Gasteiger partial charge is 0.307 e. The third-order valence-corrected chi connectivity index (χ3v) is 3.49. The summed E-state index contributed by atoms with van der Waals surface area (Å²) in [6.45, 7) is 10.1. The van der Waals surface area contributed by atoms with Crippen LogP contribution >= 0.6 is 0 Å². The molecule has 4 heteroatoms. The van der Waals surface area contributed by atoms with Crippen LogP contribution in [0, 0.1) is 13.8 Å². The van der Waals surface area contributed by atoms with Crippen LogP contribution in [0.25, 0.3) is 0 Å². The van der Waals surface area contributed by atoms with E-state index >= 15 is 0 Å². The van der Waals surface area contributed by atoms with Gasteiger partial charge in [-0.3, -0.25) is 4.79 Å². The molecule has 0 amide bonds. The Morgan fingerprint density at radius 2 is 1.90 bits per heavy atom. The number of ether oxygens (including phenoxy) is 1. The highest BCUT2D eigenvalue weighted by molar-refractivity contribution is 5.70. The highest BCUT2D eigenvalue weighted by Crippen LogP contribution is 2.23. The van der Waals surface area contributed by atoms with Crippen LogP contribution in [0.1, 0.15) is 50.0 Å². The Bertz CT molecular complexity index is 491. The Hall–Kier alpha value is -1.39. The van der Waals surface area contributed by atoms with Crippen molar-refractivity contribution in [1.82, 2.24) is 5.32 Å². The van der Waals surface area contributed by atoms with Crippen LogP contribution in [0.2, 0.25) is 0 Å². The van der Waals surface area contributed by atoms with E-state index in [1.165, 1.54) is 12.7 Å². The maximum atomic E-state index is 11.6. The predicted octanol–water partition coefficient (Wildman–Crippen LogP) is 2.66. The molecule has 2 N–H and O–H groups in total. The van der Waals surface area contributed by atoms with Gasteiger partial charge in [0.25, 0.3) is 0 Å². The van der Waals surface area contributed by atoms with Crippen LogP contribution in [0.3, 0.4) is 0 Å². The number of rotatable bonds is 5. The normalized spacial score (nSPS) is 14.6. The Morgan fingerprint density at radius 1 is 1.29 bits per heavy atom. The first-order chi connectivity index (χ1) is 9.64. The molecule has 0 heterocycles. The quantitative estimate of drug-likeness (QED) is 0.819. The van der Waals surface area contributed by atoms with Crippen molar-refractivity contribution in [3.8, 4) is 0 Å². The van der Waals surface area contributed by atoms with Crippen LogP contribution in [-0.2, 0) is 9.53 Å². The lowest BCUT2D eigenvalue weighted by atomic mass is 9.94. The lowest BCUT2D eigenvalue weighted by Gasteiger charge is -2.31. The van der Waals surface area contributed by atoms with E-state index in [1.54, 1.807) is 0 Å². The fourth-order valence-corrected chi connectivity index (χ4v) is 2.24. The number of aliphatic hydroxyl groups is 1. The largest absolute Gasteiger partial charge is 0.469 e. The molecule has 0 saturated carbocycles. The minimum absolute atomic E-state index is 0.127. The Morgan fingerprint density at radius 3 is 2.38 bits per heavy atom. The van der Waals surface area contributed by atoms with E-state index in [2.05, 4.69) is 5.32 Å². The fourth-order valence-electron chi connectivity index (χ4n) is 2.24. The summed E-state index contributed by atoms with van der Waals surface area (Å²) in [6, 6.07) is 5.47. The lowest BCUT2D eigenvalue weighted by Crippen LogP contribution is -2.47. The highest BCUT2D eigenvalue weighted by Gasteiger charge is 2.28. The average Bonchev–Trinajstić information content (AvgIpc) is 2.38. The topological polar surface area (TPSA) is 58.6 Å². The van der Waals surface area contributed by atoms with Gasteiger partial charge in [-0.1, -0.05) is 18.2 Å². The second-order valence-electron chi connectivity index (χ2n) is 6.57. The molecule has 0 bridgehead atoms. The summed E-state index contributed by atoms with van der Waals surface area (Å²) in [5, 5.41) is 13.9.